The number of rotatable bonds is 2. The average molecular weight is 373 g/mol. The Morgan fingerprint density at radius 3 is 2.81 bits per heavy atom. The largest absolute Gasteiger partial charge is 0.335 e. The van der Waals surface area contributed by atoms with Crippen LogP contribution >= 0.6 is 12.4 Å². The molecule has 3 aromatic rings. The fourth-order valence-corrected chi connectivity index (χ4v) is 3.32. The fourth-order valence-electron chi connectivity index (χ4n) is 3.32. The Hall–Kier alpha value is -2.44. The van der Waals surface area contributed by atoms with Gasteiger partial charge >= 0.3 is 0 Å². The van der Waals surface area contributed by atoms with Gasteiger partial charge in [-0.3, -0.25) is 4.79 Å². The maximum atomic E-state index is 13.3. The summed E-state index contributed by atoms with van der Waals surface area (Å²) in [6, 6.07) is 11.8. The number of hydrogen-bond donors (Lipinski definition) is 1. The molecule has 0 unspecified atom stereocenters. The summed E-state index contributed by atoms with van der Waals surface area (Å²) >= 11 is 0. The van der Waals surface area contributed by atoms with E-state index in [2.05, 4.69) is 22.4 Å². The second-order valence-electron chi connectivity index (χ2n) is 6.42. The number of carbonyl (C=O) groups is 1. The topological polar surface area (TPSA) is 71.3 Å². The minimum absolute atomic E-state index is 0. The van der Waals surface area contributed by atoms with Crippen molar-refractivity contribution >= 4 is 29.4 Å². The maximum absolute atomic E-state index is 13.3. The van der Waals surface area contributed by atoms with Crippen molar-refractivity contribution in [2.45, 2.75) is 19.9 Å². The summed E-state index contributed by atoms with van der Waals surface area (Å²) in [5.41, 5.74) is 3.37. The van der Waals surface area contributed by atoms with Crippen molar-refractivity contribution in [2.24, 2.45) is 0 Å². The predicted molar refractivity (Wildman–Crippen MR) is 103 cm³/mol. The lowest BCUT2D eigenvalue weighted by atomic mass is 10.0. The molecule has 6 nitrogen and oxygen atoms in total. The average Bonchev–Trinajstić information content (AvgIpc) is 3.03. The van der Waals surface area contributed by atoms with Crippen LogP contribution in [0.15, 0.2) is 40.9 Å². The second-order valence-corrected chi connectivity index (χ2v) is 6.42. The molecule has 2 aromatic heterocycles. The molecule has 1 saturated heterocycles. The van der Waals surface area contributed by atoms with Crippen LogP contribution < -0.4 is 5.32 Å². The van der Waals surface area contributed by atoms with Gasteiger partial charge in [-0.15, -0.1) is 12.4 Å². The number of fused-ring (bicyclic) bond motifs is 1. The van der Waals surface area contributed by atoms with E-state index in [1.54, 1.807) is 0 Å². The lowest BCUT2D eigenvalue weighted by Crippen LogP contribution is -2.52. The molecule has 0 spiro atoms. The number of benzene rings is 1. The Labute approximate surface area is 158 Å². The summed E-state index contributed by atoms with van der Waals surface area (Å²) in [6.45, 7) is 6.19. The summed E-state index contributed by atoms with van der Waals surface area (Å²) in [5, 5.41) is 8.04. The molecule has 1 N–H and O–H groups in total. The van der Waals surface area contributed by atoms with Crippen LogP contribution in [0, 0.1) is 6.92 Å². The molecular weight excluding hydrogens is 352 g/mol. The van der Waals surface area contributed by atoms with Gasteiger partial charge in [-0.2, -0.15) is 0 Å². The molecule has 4 rings (SSSR count). The number of hydrogen-bond acceptors (Lipinski definition) is 5. The highest BCUT2D eigenvalue weighted by Gasteiger charge is 2.27. The van der Waals surface area contributed by atoms with Crippen LogP contribution in [-0.4, -0.2) is 46.6 Å². The SMILES string of the molecule is Cc1noc2nc(-c3ccccc3)cc(C(=O)N3CCNC[C@H]3C)c12.Cl. The van der Waals surface area contributed by atoms with Crippen molar-refractivity contribution in [2.75, 3.05) is 19.6 Å². The van der Waals surface area contributed by atoms with E-state index in [1.807, 2.05) is 48.2 Å². The van der Waals surface area contributed by atoms with E-state index >= 15 is 0 Å². The zero-order valence-electron chi connectivity index (χ0n) is 14.7. The number of nitrogens with one attached hydrogen (secondary N) is 1. The summed E-state index contributed by atoms with van der Waals surface area (Å²) in [4.78, 5) is 19.7. The van der Waals surface area contributed by atoms with E-state index in [-0.39, 0.29) is 24.4 Å². The van der Waals surface area contributed by atoms with E-state index in [0.29, 0.717) is 28.9 Å². The molecule has 136 valence electrons. The van der Waals surface area contributed by atoms with Gasteiger partial charge in [0.25, 0.3) is 11.6 Å². The number of carbonyl (C=O) groups excluding carboxylic acids is 1. The number of nitrogens with zero attached hydrogens (tertiary/aromatic N) is 3. The van der Waals surface area contributed by atoms with E-state index in [1.165, 1.54) is 0 Å². The lowest BCUT2D eigenvalue weighted by molar-refractivity contribution is 0.0657. The van der Waals surface area contributed by atoms with Crippen molar-refractivity contribution in [1.29, 1.82) is 0 Å². The van der Waals surface area contributed by atoms with Gasteiger partial charge in [-0.25, -0.2) is 4.98 Å². The Morgan fingerprint density at radius 1 is 1.31 bits per heavy atom. The highest BCUT2D eigenvalue weighted by atomic mass is 35.5. The van der Waals surface area contributed by atoms with Gasteiger partial charge in [0.1, 0.15) is 0 Å². The summed E-state index contributed by atoms with van der Waals surface area (Å²) in [5.74, 6) is 0.00452. The molecule has 7 heteroatoms. The highest BCUT2D eigenvalue weighted by molar-refractivity contribution is 6.07. The predicted octanol–water partition coefficient (Wildman–Crippen LogP) is 3.05. The van der Waals surface area contributed by atoms with Gasteiger partial charge < -0.3 is 14.7 Å². The van der Waals surface area contributed by atoms with E-state index in [9.17, 15) is 4.79 Å². The fraction of sp³-hybridized carbons (Fsp3) is 0.316. The van der Waals surface area contributed by atoms with Gasteiger partial charge in [-0.05, 0) is 19.9 Å². The molecule has 1 aliphatic rings. The molecule has 1 aliphatic heterocycles. The molecule has 1 amide bonds. The first-order valence-electron chi connectivity index (χ1n) is 8.49. The number of pyridine rings is 1. The van der Waals surface area contributed by atoms with Crippen LogP contribution in [0.4, 0.5) is 0 Å². The second kappa shape index (κ2) is 7.43. The Morgan fingerprint density at radius 2 is 2.08 bits per heavy atom. The monoisotopic (exact) mass is 372 g/mol. The number of amides is 1. The Bertz CT molecular complexity index is 926. The zero-order chi connectivity index (χ0) is 17.4. The molecule has 0 radical (unpaired) electrons. The van der Waals surface area contributed by atoms with Crippen LogP contribution in [0.1, 0.15) is 23.0 Å². The van der Waals surface area contributed by atoms with Crippen molar-refractivity contribution < 1.29 is 9.32 Å². The van der Waals surface area contributed by atoms with Gasteiger partial charge in [0.2, 0.25) is 0 Å². The zero-order valence-corrected chi connectivity index (χ0v) is 15.5. The molecule has 1 aromatic carbocycles. The third kappa shape index (κ3) is 3.18. The summed E-state index contributed by atoms with van der Waals surface area (Å²) < 4.78 is 5.37. The van der Waals surface area contributed by atoms with Crippen LogP contribution in [-0.2, 0) is 0 Å². The van der Waals surface area contributed by atoms with Gasteiger partial charge in [0, 0.05) is 31.2 Å². The number of piperazine rings is 1. The quantitative estimate of drug-likeness (QED) is 0.748. The van der Waals surface area contributed by atoms with Crippen LogP contribution in [0.25, 0.3) is 22.4 Å². The lowest BCUT2D eigenvalue weighted by Gasteiger charge is -2.34. The molecule has 0 aliphatic carbocycles. The third-order valence-corrected chi connectivity index (χ3v) is 4.68. The maximum Gasteiger partial charge on any atom is 0.259 e. The molecule has 0 saturated carbocycles. The standard InChI is InChI=1S/C19H20N4O2.ClH/c1-12-11-20-8-9-23(12)19(24)15-10-16(14-6-4-3-5-7-14)21-18-17(15)13(2)22-25-18;/h3-7,10,12,20H,8-9,11H2,1-2H3;1H/t12-;/m1./s1. The molecular formula is C19H21ClN4O2. The van der Waals surface area contributed by atoms with E-state index < -0.39 is 0 Å². The van der Waals surface area contributed by atoms with Gasteiger partial charge in [0.15, 0.2) is 0 Å². The van der Waals surface area contributed by atoms with Crippen molar-refractivity contribution in [3.05, 3.63) is 47.7 Å². The minimum atomic E-state index is 0. The number of aromatic nitrogens is 2. The molecule has 1 atom stereocenters. The number of halogens is 1. The van der Waals surface area contributed by atoms with Gasteiger partial charge in [0.05, 0.1) is 22.3 Å². The highest BCUT2D eigenvalue weighted by Crippen LogP contribution is 2.28. The molecule has 26 heavy (non-hydrogen) atoms. The van der Waals surface area contributed by atoms with Crippen molar-refractivity contribution in [3.63, 3.8) is 0 Å². The minimum Gasteiger partial charge on any atom is -0.335 e. The van der Waals surface area contributed by atoms with E-state index in [4.69, 9.17) is 4.52 Å². The smallest absolute Gasteiger partial charge is 0.259 e. The first kappa shape index (κ1) is 18.4. The molecule has 3 heterocycles. The summed E-state index contributed by atoms with van der Waals surface area (Å²) in [7, 11) is 0. The van der Waals surface area contributed by atoms with Crippen molar-refractivity contribution in [3.8, 4) is 11.3 Å². The Balaban J connectivity index is 0.00000196. The first-order valence-corrected chi connectivity index (χ1v) is 8.49. The summed E-state index contributed by atoms with van der Waals surface area (Å²) in [6.07, 6.45) is 0. The van der Waals surface area contributed by atoms with Gasteiger partial charge in [-0.1, -0.05) is 35.5 Å². The third-order valence-electron chi connectivity index (χ3n) is 4.68. The molecule has 1 fully saturated rings. The first-order chi connectivity index (χ1) is 12.1. The normalized spacial score (nSPS) is 17.2. The van der Waals surface area contributed by atoms with Crippen LogP contribution in [0.5, 0.6) is 0 Å². The van der Waals surface area contributed by atoms with Crippen LogP contribution in [0.2, 0.25) is 0 Å². The van der Waals surface area contributed by atoms with E-state index in [0.717, 1.165) is 24.3 Å². The molecule has 0 bridgehead atoms. The Kier molecular flexibility index (Phi) is 5.25. The van der Waals surface area contributed by atoms with Crippen LogP contribution in [0.3, 0.4) is 0 Å². The van der Waals surface area contributed by atoms with Crippen molar-refractivity contribution in [1.82, 2.24) is 20.4 Å². The number of aryl methyl sites for hydroxylation is 1.